The van der Waals surface area contributed by atoms with Crippen molar-refractivity contribution in [3.8, 4) is 17.3 Å². The van der Waals surface area contributed by atoms with Crippen molar-refractivity contribution >= 4 is 22.8 Å². The molecule has 0 aliphatic rings. The number of hydrogen-bond donors (Lipinski definition) is 2. The second-order valence-corrected chi connectivity index (χ2v) is 9.29. The number of H-pyrrole nitrogens is 1. The summed E-state index contributed by atoms with van der Waals surface area (Å²) in [6.45, 7) is 3.48. The number of rotatable bonds is 6. The van der Waals surface area contributed by atoms with Gasteiger partial charge in [0.05, 0.1) is 11.8 Å². The highest BCUT2D eigenvalue weighted by molar-refractivity contribution is 6.05. The number of alkyl halides is 6. The number of aromatic nitrogens is 6. The highest BCUT2D eigenvalue weighted by atomic mass is 19.4. The number of amides is 1. The molecule has 0 fully saturated rings. The Hall–Kier alpha value is -5.22. The zero-order valence-corrected chi connectivity index (χ0v) is 21.9. The Bertz CT molecular complexity index is 1910. The Morgan fingerprint density at radius 3 is 2.40 bits per heavy atom. The van der Waals surface area contributed by atoms with Crippen molar-refractivity contribution in [2.75, 3.05) is 5.32 Å². The molecular weight excluding hydrogens is 591 g/mol. The standard InChI is InChI=1S/C26H18F7N7O3/c1-12(2)39-19-18(7-9-34-21(19)38-24(39)42)43-17-6-5-13(10-16(17)27)37-23(41)14-11-36-40(20(14)26(31,32)33)22-15(25(28,29)30)4-3-8-35-22/h3-12H,1-2H3,(H,37,41)(H,34,38,42). The molecule has 0 aliphatic heterocycles. The average Bonchev–Trinajstić information content (AvgIpc) is 3.51. The molecule has 43 heavy (non-hydrogen) atoms. The van der Waals surface area contributed by atoms with Crippen LogP contribution in [0.1, 0.15) is 41.5 Å². The molecule has 0 bridgehead atoms. The number of pyridine rings is 2. The number of nitrogens with one attached hydrogen (secondary N) is 2. The van der Waals surface area contributed by atoms with E-state index >= 15 is 4.39 Å². The molecule has 5 aromatic rings. The Labute approximate surface area is 235 Å². The smallest absolute Gasteiger partial charge is 0.434 e. The molecule has 2 N–H and O–H groups in total. The summed E-state index contributed by atoms with van der Waals surface area (Å²) < 4.78 is 104. The first-order valence-corrected chi connectivity index (χ1v) is 12.2. The van der Waals surface area contributed by atoms with Gasteiger partial charge in [-0.05, 0) is 38.1 Å². The fourth-order valence-corrected chi connectivity index (χ4v) is 4.31. The lowest BCUT2D eigenvalue weighted by Gasteiger charge is -2.16. The van der Waals surface area contributed by atoms with Gasteiger partial charge >= 0.3 is 18.0 Å². The highest BCUT2D eigenvalue weighted by Crippen LogP contribution is 2.38. The summed E-state index contributed by atoms with van der Waals surface area (Å²) in [4.78, 5) is 35.2. The lowest BCUT2D eigenvalue weighted by Crippen LogP contribution is -2.22. The van der Waals surface area contributed by atoms with E-state index in [4.69, 9.17) is 4.74 Å². The monoisotopic (exact) mass is 609 g/mol. The van der Waals surface area contributed by atoms with Crippen molar-refractivity contribution in [2.45, 2.75) is 32.2 Å². The van der Waals surface area contributed by atoms with Gasteiger partial charge in [-0.3, -0.25) is 14.3 Å². The number of aromatic amines is 1. The maximum atomic E-state index is 15.0. The number of halogens is 7. The number of nitrogens with zero attached hydrogens (tertiary/aromatic N) is 5. The molecule has 17 heteroatoms. The fraction of sp³-hybridized carbons (Fsp3) is 0.192. The number of anilines is 1. The third-order valence-electron chi connectivity index (χ3n) is 6.07. The van der Waals surface area contributed by atoms with E-state index in [2.05, 4.69) is 25.4 Å². The molecule has 0 saturated carbocycles. The van der Waals surface area contributed by atoms with Crippen LogP contribution in [0.5, 0.6) is 11.5 Å². The van der Waals surface area contributed by atoms with Gasteiger partial charge < -0.3 is 10.1 Å². The normalized spacial score (nSPS) is 12.2. The van der Waals surface area contributed by atoms with E-state index in [0.29, 0.717) is 12.3 Å². The molecule has 0 atom stereocenters. The maximum Gasteiger partial charge on any atom is 0.434 e. The SMILES string of the molecule is CC(C)n1c(=O)[nH]c2nccc(Oc3ccc(NC(=O)c4cnn(-c5ncccc5C(F)(F)F)c4C(F)(F)F)cc3F)c21. The van der Waals surface area contributed by atoms with Gasteiger partial charge in [0.15, 0.2) is 34.5 Å². The number of carbonyl (C=O) groups is 1. The Morgan fingerprint density at radius 1 is 1.00 bits per heavy atom. The second-order valence-electron chi connectivity index (χ2n) is 9.29. The van der Waals surface area contributed by atoms with Gasteiger partial charge in [-0.25, -0.2) is 23.8 Å². The van der Waals surface area contributed by atoms with Gasteiger partial charge in [0, 0.05) is 36.3 Å². The topological polar surface area (TPSA) is 120 Å². The first-order valence-electron chi connectivity index (χ1n) is 12.2. The van der Waals surface area contributed by atoms with E-state index in [1.165, 1.54) is 16.8 Å². The molecule has 0 aliphatic carbocycles. The number of carbonyl (C=O) groups excluding carboxylic acids is 1. The molecule has 5 rings (SSSR count). The molecule has 10 nitrogen and oxygen atoms in total. The number of imidazole rings is 1. The van der Waals surface area contributed by atoms with Crippen molar-refractivity contribution < 1.29 is 40.3 Å². The maximum absolute atomic E-state index is 15.0. The van der Waals surface area contributed by atoms with E-state index < -0.39 is 52.4 Å². The van der Waals surface area contributed by atoms with Crippen LogP contribution in [0.3, 0.4) is 0 Å². The third kappa shape index (κ3) is 5.52. The number of benzene rings is 1. The molecule has 0 radical (unpaired) electrons. The lowest BCUT2D eigenvalue weighted by molar-refractivity contribution is -0.145. The van der Waals surface area contributed by atoms with Gasteiger partial charge in [-0.1, -0.05) is 0 Å². The highest BCUT2D eigenvalue weighted by Gasteiger charge is 2.43. The average molecular weight is 609 g/mol. The zero-order valence-electron chi connectivity index (χ0n) is 21.9. The van der Waals surface area contributed by atoms with Crippen LogP contribution in [-0.4, -0.2) is 35.2 Å². The third-order valence-corrected chi connectivity index (χ3v) is 6.07. The molecule has 0 unspecified atom stereocenters. The Morgan fingerprint density at radius 2 is 1.74 bits per heavy atom. The molecule has 4 aromatic heterocycles. The van der Waals surface area contributed by atoms with Gasteiger partial charge in [-0.15, -0.1) is 0 Å². The summed E-state index contributed by atoms with van der Waals surface area (Å²) in [5, 5.41) is 5.44. The van der Waals surface area contributed by atoms with E-state index in [1.54, 1.807) is 13.8 Å². The van der Waals surface area contributed by atoms with E-state index in [9.17, 15) is 35.9 Å². The summed E-state index contributed by atoms with van der Waals surface area (Å²) in [5.74, 6) is -3.94. The molecular formula is C26H18F7N7O3. The van der Waals surface area contributed by atoms with E-state index in [-0.39, 0.29) is 39.1 Å². The van der Waals surface area contributed by atoms with Gasteiger partial charge in [0.2, 0.25) is 0 Å². The van der Waals surface area contributed by atoms with Crippen LogP contribution >= 0.6 is 0 Å². The number of fused-ring (bicyclic) bond motifs is 1. The quantitative estimate of drug-likeness (QED) is 0.224. The minimum Gasteiger partial charge on any atom is -0.452 e. The molecule has 224 valence electrons. The predicted molar refractivity (Wildman–Crippen MR) is 137 cm³/mol. The van der Waals surface area contributed by atoms with Crippen molar-refractivity contribution in [3.05, 3.63) is 88.1 Å². The number of hydrogen-bond acceptors (Lipinski definition) is 6. The van der Waals surface area contributed by atoms with Crippen LogP contribution in [0, 0.1) is 5.82 Å². The van der Waals surface area contributed by atoms with Crippen LogP contribution in [0.4, 0.5) is 36.4 Å². The van der Waals surface area contributed by atoms with Crippen LogP contribution in [0.2, 0.25) is 0 Å². The molecule has 0 spiro atoms. The molecule has 0 saturated heterocycles. The molecule has 1 aromatic carbocycles. The summed E-state index contributed by atoms with van der Waals surface area (Å²) in [5.41, 5.74) is -4.78. The van der Waals surface area contributed by atoms with Crippen molar-refractivity contribution in [3.63, 3.8) is 0 Å². The number of ether oxygens (including phenoxy) is 1. The summed E-state index contributed by atoms with van der Waals surface area (Å²) in [6, 6.07) is 5.46. The Kier molecular flexibility index (Phi) is 7.19. The lowest BCUT2D eigenvalue weighted by atomic mass is 10.2. The van der Waals surface area contributed by atoms with Crippen molar-refractivity contribution in [2.24, 2.45) is 0 Å². The zero-order chi connectivity index (χ0) is 31.3. The Balaban J connectivity index is 1.45. The van der Waals surface area contributed by atoms with E-state index in [0.717, 1.165) is 30.5 Å². The van der Waals surface area contributed by atoms with Crippen LogP contribution in [0.25, 0.3) is 17.0 Å². The predicted octanol–water partition coefficient (Wildman–Crippen LogP) is 6.11. The first kappa shape index (κ1) is 29.3. The largest absolute Gasteiger partial charge is 0.452 e. The molecule has 1 amide bonds. The van der Waals surface area contributed by atoms with Crippen LogP contribution in [0.15, 0.2) is 59.8 Å². The second kappa shape index (κ2) is 10.6. The van der Waals surface area contributed by atoms with Crippen molar-refractivity contribution in [1.82, 2.24) is 29.3 Å². The fourth-order valence-electron chi connectivity index (χ4n) is 4.31. The van der Waals surface area contributed by atoms with Gasteiger partial charge in [0.1, 0.15) is 11.1 Å². The summed E-state index contributed by atoms with van der Waals surface area (Å²) in [7, 11) is 0. The van der Waals surface area contributed by atoms with E-state index in [1.807, 2.05) is 0 Å². The van der Waals surface area contributed by atoms with Crippen molar-refractivity contribution in [1.29, 1.82) is 0 Å². The van der Waals surface area contributed by atoms with Gasteiger partial charge in [-0.2, -0.15) is 31.4 Å². The van der Waals surface area contributed by atoms with Gasteiger partial charge in [0.25, 0.3) is 5.91 Å². The van der Waals surface area contributed by atoms with Crippen LogP contribution < -0.4 is 15.7 Å². The van der Waals surface area contributed by atoms with Crippen LogP contribution in [-0.2, 0) is 12.4 Å². The first-order chi connectivity index (χ1) is 20.2. The minimum atomic E-state index is -5.34. The summed E-state index contributed by atoms with van der Waals surface area (Å²) >= 11 is 0. The molecule has 4 heterocycles. The summed E-state index contributed by atoms with van der Waals surface area (Å²) in [6.07, 6.45) is -7.81. The minimum absolute atomic E-state index is 0.0720.